The molecule has 33 heavy (non-hydrogen) atoms. The Morgan fingerprint density at radius 1 is 1.03 bits per heavy atom. The van der Waals surface area contributed by atoms with E-state index in [2.05, 4.69) is 18.7 Å². The Hall–Kier alpha value is -3.32. The molecule has 0 aliphatic carbocycles. The van der Waals surface area contributed by atoms with Crippen molar-refractivity contribution in [2.75, 3.05) is 40.4 Å². The van der Waals surface area contributed by atoms with Crippen molar-refractivity contribution in [3.05, 3.63) is 64.7 Å². The molecule has 1 amide bonds. The van der Waals surface area contributed by atoms with Crippen LogP contribution in [-0.4, -0.2) is 67.0 Å². The number of benzene rings is 2. The maximum Gasteiger partial charge on any atom is 0.295 e. The number of aliphatic hydroxyl groups excluding tert-OH is 1. The third kappa shape index (κ3) is 4.73. The summed E-state index contributed by atoms with van der Waals surface area (Å²) in [6, 6.07) is 11.7. The summed E-state index contributed by atoms with van der Waals surface area (Å²) in [5.41, 5.74) is 2.14. The monoisotopic (exact) mass is 452 g/mol. The molecular formula is C26H32N2O5. The number of Topliss-reactive ketones (excluding diaryl/α,β-unsaturated/α-hetero) is 1. The highest BCUT2D eigenvalue weighted by Gasteiger charge is 2.47. The Morgan fingerprint density at radius 2 is 1.70 bits per heavy atom. The van der Waals surface area contributed by atoms with Gasteiger partial charge in [0.15, 0.2) is 11.5 Å². The molecule has 1 atom stereocenters. The molecule has 1 heterocycles. The average Bonchev–Trinajstić information content (AvgIpc) is 3.08. The van der Waals surface area contributed by atoms with Crippen molar-refractivity contribution in [2.45, 2.75) is 26.8 Å². The SMILES string of the molecule is CCN(CC)CCN1C(=O)C(=O)C(=C(O)c2ccc(C)cc2)[C@@H]1c1cccc(OC)c1OC. The van der Waals surface area contributed by atoms with Gasteiger partial charge in [-0.1, -0.05) is 55.8 Å². The highest BCUT2D eigenvalue weighted by Crippen LogP contribution is 2.45. The van der Waals surface area contributed by atoms with Gasteiger partial charge in [0, 0.05) is 24.2 Å². The molecule has 0 aromatic heterocycles. The fourth-order valence-corrected chi connectivity index (χ4v) is 4.22. The van der Waals surface area contributed by atoms with Crippen molar-refractivity contribution >= 4 is 17.4 Å². The Balaban J connectivity index is 2.19. The first kappa shape index (κ1) is 24.3. The van der Waals surface area contributed by atoms with Gasteiger partial charge < -0.3 is 24.4 Å². The minimum atomic E-state index is -0.799. The Kier molecular flexibility index (Phi) is 7.76. The Morgan fingerprint density at radius 3 is 2.27 bits per heavy atom. The molecule has 0 unspecified atom stereocenters. The van der Waals surface area contributed by atoms with Crippen LogP contribution in [0.3, 0.4) is 0 Å². The number of likely N-dealkylation sites (tertiary alicyclic amines) is 1. The van der Waals surface area contributed by atoms with Gasteiger partial charge in [-0.15, -0.1) is 0 Å². The lowest BCUT2D eigenvalue weighted by atomic mass is 9.94. The van der Waals surface area contributed by atoms with Gasteiger partial charge in [0.1, 0.15) is 5.76 Å². The molecule has 0 saturated carbocycles. The number of hydrogen-bond acceptors (Lipinski definition) is 6. The zero-order valence-corrected chi connectivity index (χ0v) is 19.9. The minimum absolute atomic E-state index is 0.0509. The fourth-order valence-electron chi connectivity index (χ4n) is 4.22. The number of carbonyl (C=O) groups excluding carboxylic acids is 2. The zero-order valence-electron chi connectivity index (χ0n) is 19.9. The van der Waals surface area contributed by atoms with Crippen molar-refractivity contribution in [1.82, 2.24) is 9.80 Å². The first-order valence-electron chi connectivity index (χ1n) is 11.2. The van der Waals surface area contributed by atoms with Crippen molar-refractivity contribution < 1.29 is 24.2 Å². The molecule has 7 heteroatoms. The molecular weight excluding hydrogens is 420 g/mol. The molecule has 2 aromatic carbocycles. The van der Waals surface area contributed by atoms with E-state index >= 15 is 0 Å². The van der Waals surface area contributed by atoms with Crippen LogP contribution in [0.15, 0.2) is 48.0 Å². The largest absolute Gasteiger partial charge is 0.507 e. The number of methoxy groups -OCH3 is 2. The number of rotatable bonds is 9. The first-order chi connectivity index (χ1) is 15.9. The van der Waals surface area contributed by atoms with Crippen LogP contribution in [0.4, 0.5) is 0 Å². The van der Waals surface area contributed by atoms with Crippen molar-refractivity contribution in [2.24, 2.45) is 0 Å². The summed E-state index contributed by atoms with van der Waals surface area (Å²) in [4.78, 5) is 30.1. The summed E-state index contributed by atoms with van der Waals surface area (Å²) in [7, 11) is 3.05. The number of para-hydroxylation sites is 1. The van der Waals surface area contributed by atoms with Crippen molar-refractivity contribution in [3.63, 3.8) is 0 Å². The van der Waals surface area contributed by atoms with E-state index in [0.717, 1.165) is 18.7 Å². The Bertz CT molecular complexity index is 1040. The summed E-state index contributed by atoms with van der Waals surface area (Å²) >= 11 is 0. The van der Waals surface area contributed by atoms with Gasteiger partial charge in [-0.2, -0.15) is 0 Å². The van der Waals surface area contributed by atoms with Crippen LogP contribution >= 0.6 is 0 Å². The molecule has 2 aromatic rings. The topological polar surface area (TPSA) is 79.3 Å². The number of nitrogens with zero attached hydrogens (tertiary/aromatic N) is 2. The molecule has 1 N–H and O–H groups in total. The van der Waals surface area contributed by atoms with Crippen LogP contribution in [0.1, 0.15) is 36.6 Å². The molecule has 0 radical (unpaired) electrons. The molecule has 1 fully saturated rings. The molecule has 0 spiro atoms. The van der Waals surface area contributed by atoms with Crippen LogP contribution in [0, 0.1) is 6.92 Å². The van der Waals surface area contributed by atoms with Crippen LogP contribution < -0.4 is 9.47 Å². The van der Waals surface area contributed by atoms with Crippen molar-refractivity contribution in [1.29, 1.82) is 0 Å². The van der Waals surface area contributed by atoms with Gasteiger partial charge in [-0.25, -0.2) is 0 Å². The second-order valence-electron chi connectivity index (χ2n) is 7.97. The third-order valence-corrected chi connectivity index (χ3v) is 6.14. The maximum atomic E-state index is 13.2. The average molecular weight is 453 g/mol. The van der Waals surface area contributed by atoms with Crippen LogP contribution in [0.25, 0.3) is 5.76 Å². The maximum absolute atomic E-state index is 13.2. The number of likely N-dealkylation sites (N-methyl/N-ethyl adjacent to an activating group) is 1. The smallest absolute Gasteiger partial charge is 0.295 e. The fraction of sp³-hybridized carbons (Fsp3) is 0.385. The number of carbonyl (C=O) groups is 2. The lowest BCUT2D eigenvalue weighted by molar-refractivity contribution is -0.140. The molecule has 1 saturated heterocycles. The molecule has 3 rings (SSSR count). The quantitative estimate of drug-likeness (QED) is 0.354. The van der Waals surface area contributed by atoms with Gasteiger partial charge in [-0.05, 0) is 26.1 Å². The van der Waals surface area contributed by atoms with E-state index in [-0.39, 0.29) is 11.3 Å². The molecule has 1 aliphatic heterocycles. The minimum Gasteiger partial charge on any atom is -0.507 e. The van der Waals surface area contributed by atoms with Gasteiger partial charge in [0.2, 0.25) is 0 Å². The van der Waals surface area contributed by atoms with E-state index in [4.69, 9.17) is 9.47 Å². The first-order valence-corrected chi connectivity index (χ1v) is 11.2. The predicted octanol–water partition coefficient (Wildman–Crippen LogP) is 3.78. The number of ether oxygens (including phenoxy) is 2. The Labute approximate surface area is 195 Å². The van der Waals surface area contributed by atoms with E-state index in [1.54, 1.807) is 30.3 Å². The molecule has 1 aliphatic rings. The van der Waals surface area contributed by atoms with Crippen molar-refractivity contribution in [3.8, 4) is 11.5 Å². The van der Waals surface area contributed by atoms with E-state index in [9.17, 15) is 14.7 Å². The molecule has 7 nitrogen and oxygen atoms in total. The summed E-state index contributed by atoms with van der Waals surface area (Å²) in [6.45, 7) is 8.65. The summed E-state index contributed by atoms with van der Waals surface area (Å²) in [5.74, 6) is -0.629. The molecule has 0 bridgehead atoms. The van der Waals surface area contributed by atoms with Crippen LogP contribution in [0.2, 0.25) is 0 Å². The van der Waals surface area contributed by atoms with Crippen LogP contribution in [-0.2, 0) is 9.59 Å². The lowest BCUT2D eigenvalue weighted by Gasteiger charge is -2.29. The summed E-state index contributed by atoms with van der Waals surface area (Å²) in [6.07, 6.45) is 0. The van der Waals surface area contributed by atoms with Gasteiger partial charge in [0.25, 0.3) is 11.7 Å². The summed E-state index contributed by atoms with van der Waals surface area (Å²) < 4.78 is 11.1. The number of aliphatic hydroxyl groups is 1. The molecule has 176 valence electrons. The third-order valence-electron chi connectivity index (χ3n) is 6.14. The second-order valence-corrected chi connectivity index (χ2v) is 7.97. The van der Waals surface area contributed by atoms with Gasteiger partial charge in [-0.3, -0.25) is 9.59 Å². The van der Waals surface area contributed by atoms with Gasteiger partial charge >= 0.3 is 0 Å². The number of aryl methyl sites for hydroxylation is 1. The zero-order chi connectivity index (χ0) is 24.1. The number of amides is 1. The van der Waals surface area contributed by atoms with E-state index in [1.807, 2.05) is 19.1 Å². The standard InChI is InChI=1S/C26H32N2O5/c1-6-27(7-2)15-16-28-22(19-9-8-10-20(32-4)25(19)33-5)21(24(30)26(28)31)23(29)18-13-11-17(3)12-14-18/h8-14,22,29H,6-7,15-16H2,1-5H3/t22-/m0/s1. The van der Waals surface area contributed by atoms with Crippen LogP contribution in [0.5, 0.6) is 11.5 Å². The highest BCUT2D eigenvalue weighted by atomic mass is 16.5. The highest BCUT2D eigenvalue weighted by molar-refractivity contribution is 6.46. The summed E-state index contributed by atoms with van der Waals surface area (Å²) in [5, 5.41) is 11.2. The van der Waals surface area contributed by atoms with E-state index in [1.165, 1.54) is 19.1 Å². The van der Waals surface area contributed by atoms with E-state index in [0.29, 0.717) is 35.7 Å². The van der Waals surface area contributed by atoms with Gasteiger partial charge in [0.05, 0.1) is 25.8 Å². The second kappa shape index (κ2) is 10.5. The normalized spacial score (nSPS) is 17.6. The van der Waals surface area contributed by atoms with E-state index < -0.39 is 17.7 Å². The lowest BCUT2D eigenvalue weighted by Crippen LogP contribution is -2.38. The number of ketones is 1. The predicted molar refractivity (Wildman–Crippen MR) is 128 cm³/mol. The number of hydrogen-bond donors (Lipinski definition) is 1.